The number of aryl methyl sites for hydroxylation is 1. The standard InChI is InChI=1S/C20H21N3O3S/c1-2-3-5-14-7-9-15(10-8-14)21-18(24)12-16-13-27-20(22-16)23-19(25)17-6-4-11-26-17/h4,6-11,13H,2-3,5,12H2,1H3,(H,21,24)(H,22,23,25). The number of thiazole rings is 1. The molecule has 2 aromatic heterocycles. The monoisotopic (exact) mass is 383 g/mol. The molecule has 0 aliphatic heterocycles. The number of carbonyl (C=O) groups excluding carboxylic acids is 2. The number of aromatic nitrogens is 1. The Morgan fingerprint density at radius 1 is 1.15 bits per heavy atom. The molecule has 2 heterocycles. The number of rotatable bonds is 8. The van der Waals surface area contributed by atoms with Crippen LogP contribution in [0.2, 0.25) is 0 Å². The smallest absolute Gasteiger partial charge is 0.293 e. The Balaban J connectivity index is 1.51. The molecule has 2 amide bonds. The lowest BCUT2D eigenvalue weighted by Crippen LogP contribution is -2.15. The molecule has 0 fully saturated rings. The maximum atomic E-state index is 12.2. The third-order valence-corrected chi connectivity index (χ3v) is 4.72. The molecule has 0 radical (unpaired) electrons. The molecule has 2 N–H and O–H groups in total. The number of nitrogens with one attached hydrogen (secondary N) is 2. The van der Waals surface area contributed by atoms with Gasteiger partial charge in [0.15, 0.2) is 10.9 Å². The third kappa shape index (κ3) is 5.52. The maximum Gasteiger partial charge on any atom is 0.293 e. The molecular formula is C20H21N3O3S. The summed E-state index contributed by atoms with van der Waals surface area (Å²) in [5.41, 5.74) is 2.64. The fourth-order valence-electron chi connectivity index (χ4n) is 2.52. The van der Waals surface area contributed by atoms with Crippen molar-refractivity contribution in [2.45, 2.75) is 32.6 Å². The normalized spacial score (nSPS) is 10.6. The third-order valence-electron chi connectivity index (χ3n) is 3.92. The Morgan fingerprint density at radius 3 is 2.67 bits per heavy atom. The van der Waals surface area contributed by atoms with Crippen molar-refractivity contribution >= 4 is 34.0 Å². The van der Waals surface area contributed by atoms with Gasteiger partial charge in [0, 0.05) is 11.1 Å². The zero-order valence-corrected chi connectivity index (χ0v) is 15.8. The molecule has 0 aliphatic carbocycles. The summed E-state index contributed by atoms with van der Waals surface area (Å²) in [7, 11) is 0. The first-order chi connectivity index (χ1) is 13.1. The van der Waals surface area contributed by atoms with Gasteiger partial charge in [-0.1, -0.05) is 25.5 Å². The van der Waals surface area contributed by atoms with E-state index in [1.54, 1.807) is 17.5 Å². The SMILES string of the molecule is CCCCc1ccc(NC(=O)Cc2csc(NC(=O)c3ccco3)n2)cc1. The molecule has 7 heteroatoms. The zero-order chi connectivity index (χ0) is 19.1. The van der Waals surface area contributed by atoms with Crippen molar-refractivity contribution in [1.82, 2.24) is 4.98 Å². The van der Waals surface area contributed by atoms with Gasteiger partial charge in [-0.2, -0.15) is 0 Å². The number of carbonyl (C=O) groups is 2. The predicted octanol–water partition coefficient (Wildman–Crippen LogP) is 4.51. The molecule has 0 bridgehead atoms. The van der Waals surface area contributed by atoms with Crippen LogP contribution < -0.4 is 10.6 Å². The van der Waals surface area contributed by atoms with Gasteiger partial charge in [0.2, 0.25) is 5.91 Å². The van der Waals surface area contributed by atoms with E-state index in [0.717, 1.165) is 24.9 Å². The van der Waals surface area contributed by atoms with Crippen molar-refractivity contribution in [3.05, 3.63) is 65.1 Å². The Hall–Kier alpha value is -2.93. The maximum absolute atomic E-state index is 12.2. The van der Waals surface area contributed by atoms with Crippen LogP contribution in [0.1, 0.15) is 41.6 Å². The van der Waals surface area contributed by atoms with E-state index in [9.17, 15) is 9.59 Å². The summed E-state index contributed by atoms with van der Waals surface area (Å²) < 4.78 is 5.04. The van der Waals surface area contributed by atoms with Gasteiger partial charge in [0.05, 0.1) is 18.4 Å². The summed E-state index contributed by atoms with van der Waals surface area (Å²) in [6.07, 6.45) is 4.95. The summed E-state index contributed by atoms with van der Waals surface area (Å²) in [6, 6.07) is 11.1. The second kappa shape index (κ2) is 9.14. The van der Waals surface area contributed by atoms with E-state index in [2.05, 4.69) is 22.5 Å². The molecule has 3 rings (SSSR count). The molecule has 0 aliphatic rings. The van der Waals surface area contributed by atoms with Crippen molar-refractivity contribution in [2.75, 3.05) is 10.6 Å². The first-order valence-electron chi connectivity index (χ1n) is 8.82. The average molecular weight is 383 g/mol. The first-order valence-corrected chi connectivity index (χ1v) is 9.70. The fraction of sp³-hybridized carbons (Fsp3) is 0.250. The number of anilines is 2. The number of furan rings is 1. The van der Waals surface area contributed by atoms with Gasteiger partial charge in [-0.3, -0.25) is 14.9 Å². The number of hydrogen-bond acceptors (Lipinski definition) is 5. The van der Waals surface area contributed by atoms with Gasteiger partial charge in [0.1, 0.15) is 0 Å². The summed E-state index contributed by atoms with van der Waals surface area (Å²) in [4.78, 5) is 28.4. The molecule has 140 valence electrons. The Bertz CT molecular complexity index is 886. The van der Waals surface area contributed by atoms with Crippen LogP contribution in [0.4, 0.5) is 10.8 Å². The van der Waals surface area contributed by atoms with Gasteiger partial charge in [-0.05, 0) is 42.7 Å². The van der Waals surface area contributed by atoms with Crippen molar-refractivity contribution in [3.8, 4) is 0 Å². The predicted molar refractivity (Wildman–Crippen MR) is 106 cm³/mol. The average Bonchev–Trinajstić information content (AvgIpc) is 3.33. The molecule has 0 unspecified atom stereocenters. The van der Waals surface area contributed by atoms with Crippen molar-refractivity contribution in [1.29, 1.82) is 0 Å². The van der Waals surface area contributed by atoms with Crippen LogP contribution in [0.3, 0.4) is 0 Å². The number of unbranched alkanes of at least 4 members (excludes halogenated alkanes) is 1. The summed E-state index contributed by atoms with van der Waals surface area (Å²) in [5.74, 6) is -0.300. The van der Waals surface area contributed by atoms with E-state index in [0.29, 0.717) is 10.8 Å². The summed E-state index contributed by atoms with van der Waals surface area (Å²) in [6.45, 7) is 2.17. The van der Waals surface area contributed by atoms with Crippen LogP contribution in [-0.4, -0.2) is 16.8 Å². The van der Waals surface area contributed by atoms with Crippen LogP contribution in [0.5, 0.6) is 0 Å². The molecule has 0 atom stereocenters. The molecule has 27 heavy (non-hydrogen) atoms. The minimum atomic E-state index is -0.367. The fourth-order valence-corrected chi connectivity index (χ4v) is 3.22. The lowest BCUT2D eigenvalue weighted by molar-refractivity contribution is -0.115. The molecule has 0 saturated carbocycles. The lowest BCUT2D eigenvalue weighted by Gasteiger charge is -2.06. The first kappa shape index (κ1) is 18.8. The zero-order valence-electron chi connectivity index (χ0n) is 15.0. The highest BCUT2D eigenvalue weighted by Gasteiger charge is 2.13. The van der Waals surface area contributed by atoms with Crippen LogP contribution in [0.15, 0.2) is 52.5 Å². The van der Waals surface area contributed by atoms with Gasteiger partial charge in [0.25, 0.3) is 5.91 Å². The van der Waals surface area contributed by atoms with E-state index < -0.39 is 0 Å². The second-order valence-corrected chi connectivity index (χ2v) is 6.96. The highest BCUT2D eigenvalue weighted by Crippen LogP contribution is 2.18. The summed E-state index contributed by atoms with van der Waals surface area (Å²) >= 11 is 1.27. The van der Waals surface area contributed by atoms with Gasteiger partial charge in [-0.25, -0.2) is 4.98 Å². The van der Waals surface area contributed by atoms with Gasteiger partial charge in [-0.15, -0.1) is 11.3 Å². The van der Waals surface area contributed by atoms with Crippen molar-refractivity contribution in [2.24, 2.45) is 0 Å². The van der Waals surface area contributed by atoms with Crippen LogP contribution in [0.25, 0.3) is 0 Å². The summed E-state index contributed by atoms with van der Waals surface area (Å²) in [5, 5.41) is 7.71. The van der Waals surface area contributed by atoms with Crippen molar-refractivity contribution in [3.63, 3.8) is 0 Å². The van der Waals surface area contributed by atoms with Crippen LogP contribution in [-0.2, 0) is 17.6 Å². The molecule has 0 spiro atoms. The minimum absolute atomic E-state index is 0.144. The Kier molecular flexibility index (Phi) is 6.38. The van der Waals surface area contributed by atoms with Crippen molar-refractivity contribution < 1.29 is 14.0 Å². The molecule has 6 nitrogen and oxygen atoms in total. The molecular weight excluding hydrogens is 362 g/mol. The van der Waals surface area contributed by atoms with Crippen LogP contribution in [0, 0.1) is 0 Å². The second-order valence-electron chi connectivity index (χ2n) is 6.10. The Labute approximate surface area is 161 Å². The number of amides is 2. The minimum Gasteiger partial charge on any atom is -0.459 e. The lowest BCUT2D eigenvalue weighted by atomic mass is 10.1. The molecule has 0 saturated heterocycles. The van der Waals surface area contributed by atoms with E-state index in [1.807, 2.05) is 24.3 Å². The largest absolute Gasteiger partial charge is 0.459 e. The number of nitrogens with zero attached hydrogens (tertiary/aromatic N) is 1. The van der Waals surface area contributed by atoms with Crippen LogP contribution >= 0.6 is 11.3 Å². The van der Waals surface area contributed by atoms with E-state index in [4.69, 9.17) is 4.42 Å². The number of benzene rings is 1. The van der Waals surface area contributed by atoms with E-state index in [-0.39, 0.29) is 24.0 Å². The van der Waals surface area contributed by atoms with Gasteiger partial charge < -0.3 is 9.73 Å². The molecule has 3 aromatic rings. The topological polar surface area (TPSA) is 84.2 Å². The number of hydrogen-bond donors (Lipinski definition) is 2. The highest BCUT2D eigenvalue weighted by atomic mass is 32.1. The van der Waals surface area contributed by atoms with E-state index in [1.165, 1.54) is 23.2 Å². The highest BCUT2D eigenvalue weighted by molar-refractivity contribution is 7.14. The van der Waals surface area contributed by atoms with Gasteiger partial charge >= 0.3 is 0 Å². The van der Waals surface area contributed by atoms with E-state index >= 15 is 0 Å². The quantitative estimate of drug-likeness (QED) is 0.599. The molecule has 1 aromatic carbocycles. The Morgan fingerprint density at radius 2 is 1.96 bits per heavy atom.